The number of hydrogen-bond acceptors (Lipinski definition) is 6. The van der Waals surface area contributed by atoms with Crippen LogP contribution in [-0.2, 0) is 0 Å². The van der Waals surface area contributed by atoms with E-state index in [2.05, 4.69) is 27.7 Å². The molecule has 1 aromatic heterocycles. The zero-order valence-corrected chi connectivity index (χ0v) is 17.6. The van der Waals surface area contributed by atoms with Gasteiger partial charge >= 0.3 is 0 Å². The third kappa shape index (κ3) is 4.75. The first-order valence-electron chi connectivity index (χ1n) is 8.06. The van der Waals surface area contributed by atoms with Gasteiger partial charge in [-0.15, -0.1) is 36.2 Å². The first kappa shape index (κ1) is 22.9. The summed E-state index contributed by atoms with van der Waals surface area (Å²) in [6.07, 6.45) is 0. The van der Waals surface area contributed by atoms with Gasteiger partial charge in [0, 0.05) is 42.7 Å². The lowest BCUT2D eigenvalue weighted by Gasteiger charge is -2.35. The Hall–Kier alpha value is -1.18. The highest BCUT2D eigenvalue weighted by molar-refractivity contribution is 7.10. The lowest BCUT2D eigenvalue weighted by Crippen LogP contribution is -2.45. The zero-order chi connectivity index (χ0) is 16.9. The van der Waals surface area contributed by atoms with Crippen molar-refractivity contribution >= 4 is 36.2 Å². The van der Waals surface area contributed by atoms with Gasteiger partial charge in [-0.25, -0.2) is 0 Å². The molecule has 1 N–H and O–H groups in total. The number of piperazine rings is 1. The smallest absolute Gasteiger partial charge is 0.164 e. The summed E-state index contributed by atoms with van der Waals surface area (Å²) in [4.78, 5) is 3.80. The molecule has 0 aliphatic carbocycles. The summed E-state index contributed by atoms with van der Waals surface area (Å²) in [6, 6.07) is 8.40. The molecule has 1 fully saturated rings. The van der Waals surface area contributed by atoms with Crippen LogP contribution in [0.3, 0.4) is 0 Å². The molecule has 1 aromatic carbocycles. The van der Waals surface area contributed by atoms with E-state index in [0.29, 0.717) is 5.75 Å². The first-order chi connectivity index (χ1) is 11.8. The van der Waals surface area contributed by atoms with Crippen molar-refractivity contribution in [3.63, 3.8) is 0 Å². The van der Waals surface area contributed by atoms with Crippen LogP contribution in [0.4, 0.5) is 0 Å². The maximum absolute atomic E-state index is 5.68. The van der Waals surface area contributed by atoms with Crippen LogP contribution in [0.5, 0.6) is 17.2 Å². The van der Waals surface area contributed by atoms with Gasteiger partial charge in [-0.3, -0.25) is 4.90 Å². The average Bonchev–Trinajstić information content (AvgIpc) is 3.16. The lowest BCUT2D eigenvalue weighted by atomic mass is 10.0. The van der Waals surface area contributed by atoms with Gasteiger partial charge in [-0.1, -0.05) is 6.07 Å². The average molecular weight is 421 g/mol. The predicted octanol–water partition coefficient (Wildman–Crippen LogP) is 3.61. The fourth-order valence-electron chi connectivity index (χ4n) is 3.18. The maximum Gasteiger partial charge on any atom is 0.164 e. The summed E-state index contributed by atoms with van der Waals surface area (Å²) < 4.78 is 16.6. The first-order valence-corrected chi connectivity index (χ1v) is 8.94. The van der Waals surface area contributed by atoms with Gasteiger partial charge < -0.3 is 19.5 Å². The summed E-state index contributed by atoms with van der Waals surface area (Å²) >= 11 is 1.77. The van der Waals surface area contributed by atoms with E-state index in [0.717, 1.165) is 43.2 Å². The Morgan fingerprint density at radius 1 is 0.962 bits per heavy atom. The third-order valence-corrected chi connectivity index (χ3v) is 5.28. The second-order valence-corrected chi connectivity index (χ2v) is 6.63. The summed E-state index contributed by atoms with van der Waals surface area (Å²) in [5, 5.41) is 5.54. The number of methoxy groups -OCH3 is 3. The number of thiophene rings is 1. The molecular formula is C18H26Cl2N2O3S. The van der Waals surface area contributed by atoms with E-state index in [-0.39, 0.29) is 30.9 Å². The Balaban J connectivity index is 0.00000169. The molecule has 1 aliphatic rings. The SMILES string of the molecule is COc1cc(OC)c([C@H](c2cccs2)N2CCNCC2)cc1OC.Cl.Cl. The van der Waals surface area contributed by atoms with Gasteiger partial charge in [0.15, 0.2) is 11.5 Å². The monoisotopic (exact) mass is 420 g/mol. The maximum atomic E-state index is 5.68. The molecule has 2 heterocycles. The van der Waals surface area contributed by atoms with Gasteiger partial charge in [0.25, 0.3) is 0 Å². The molecule has 0 unspecified atom stereocenters. The minimum absolute atomic E-state index is 0. The summed E-state index contributed by atoms with van der Waals surface area (Å²) in [6.45, 7) is 4.00. The molecular weight excluding hydrogens is 395 g/mol. The Bertz CT molecular complexity index is 665. The summed E-state index contributed by atoms with van der Waals surface area (Å²) in [7, 11) is 5.01. The number of nitrogens with zero attached hydrogens (tertiary/aromatic N) is 1. The number of ether oxygens (including phenoxy) is 3. The topological polar surface area (TPSA) is 43.0 Å². The molecule has 0 radical (unpaired) electrons. The Morgan fingerprint density at radius 2 is 1.58 bits per heavy atom. The van der Waals surface area contributed by atoms with E-state index in [1.54, 1.807) is 32.7 Å². The van der Waals surface area contributed by atoms with Crippen molar-refractivity contribution in [2.75, 3.05) is 47.5 Å². The molecule has 3 rings (SSSR count). The van der Waals surface area contributed by atoms with Crippen LogP contribution < -0.4 is 19.5 Å². The fourth-order valence-corrected chi connectivity index (χ4v) is 4.06. The van der Waals surface area contributed by atoms with E-state index in [1.165, 1.54) is 4.88 Å². The highest BCUT2D eigenvalue weighted by Gasteiger charge is 2.28. The van der Waals surface area contributed by atoms with Crippen molar-refractivity contribution in [1.82, 2.24) is 10.2 Å². The molecule has 0 spiro atoms. The number of rotatable bonds is 6. The predicted molar refractivity (Wildman–Crippen MR) is 111 cm³/mol. The van der Waals surface area contributed by atoms with Crippen LogP contribution in [-0.4, -0.2) is 52.4 Å². The molecule has 1 atom stereocenters. The number of hydrogen-bond donors (Lipinski definition) is 1. The van der Waals surface area contributed by atoms with Crippen LogP contribution >= 0.6 is 36.2 Å². The standard InChI is InChI=1S/C18H24N2O3S.2ClH/c1-21-14-12-16(23-3)15(22-2)11-13(14)18(17-5-4-10-24-17)20-8-6-19-7-9-20;;/h4-5,10-12,18-19H,6-9H2,1-3H3;2*1H/t18-;;/m1../s1. The fraction of sp³-hybridized carbons (Fsp3) is 0.444. The second-order valence-electron chi connectivity index (χ2n) is 5.65. The molecule has 0 bridgehead atoms. The summed E-state index contributed by atoms with van der Waals surface area (Å²) in [5.41, 5.74) is 1.11. The second kappa shape index (κ2) is 10.8. The minimum atomic E-state index is 0. The third-order valence-electron chi connectivity index (χ3n) is 4.36. The van der Waals surface area contributed by atoms with Gasteiger partial charge in [-0.2, -0.15) is 0 Å². The zero-order valence-electron chi connectivity index (χ0n) is 15.2. The molecule has 146 valence electrons. The van der Waals surface area contributed by atoms with Crippen LogP contribution in [0.1, 0.15) is 16.5 Å². The van der Waals surface area contributed by atoms with Gasteiger partial charge in [0.2, 0.25) is 0 Å². The molecule has 2 aromatic rings. The molecule has 0 amide bonds. The van der Waals surface area contributed by atoms with E-state index in [4.69, 9.17) is 14.2 Å². The van der Waals surface area contributed by atoms with Gasteiger partial charge in [0.1, 0.15) is 5.75 Å². The van der Waals surface area contributed by atoms with E-state index >= 15 is 0 Å². The molecule has 1 saturated heterocycles. The normalized spacial score (nSPS) is 15.3. The molecule has 1 aliphatic heterocycles. The van der Waals surface area contributed by atoms with Crippen molar-refractivity contribution in [3.8, 4) is 17.2 Å². The lowest BCUT2D eigenvalue weighted by molar-refractivity contribution is 0.197. The van der Waals surface area contributed by atoms with Crippen LogP contribution in [0.2, 0.25) is 0 Å². The molecule has 8 heteroatoms. The van der Waals surface area contributed by atoms with Crippen LogP contribution in [0, 0.1) is 0 Å². The molecule has 5 nitrogen and oxygen atoms in total. The Kier molecular flexibility index (Phi) is 9.54. The molecule has 26 heavy (non-hydrogen) atoms. The van der Waals surface area contributed by atoms with Crippen molar-refractivity contribution in [3.05, 3.63) is 40.1 Å². The quantitative estimate of drug-likeness (QED) is 0.772. The van der Waals surface area contributed by atoms with Crippen molar-refractivity contribution in [2.45, 2.75) is 6.04 Å². The number of nitrogens with one attached hydrogen (secondary N) is 1. The number of benzene rings is 1. The van der Waals surface area contributed by atoms with Crippen LogP contribution in [0.15, 0.2) is 29.6 Å². The Labute approximate surface area is 171 Å². The van der Waals surface area contributed by atoms with E-state index in [1.807, 2.05) is 12.1 Å². The van der Waals surface area contributed by atoms with Gasteiger partial charge in [-0.05, 0) is 17.5 Å². The van der Waals surface area contributed by atoms with Crippen molar-refractivity contribution < 1.29 is 14.2 Å². The highest BCUT2D eigenvalue weighted by atomic mass is 35.5. The molecule has 0 saturated carbocycles. The van der Waals surface area contributed by atoms with Crippen molar-refractivity contribution in [2.24, 2.45) is 0 Å². The minimum Gasteiger partial charge on any atom is -0.496 e. The van der Waals surface area contributed by atoms with Gasteiger partial charge in [0.05, 0.1) is 27.4 Å². The van der Waals surface area contributed by atoms with E-state index in [9.17, 15) is 0 Å². The number of halogens is 2. The largest absolute Gasteiger partial charge is 0.496 e. The highest BCUT2D eigenvalue weighted by Crippen LogP contribution is 2.42. The van der Waals surface area contributed by atoms with E-state index < -0.39 is 0 Å². The van der Waals surface area contributed by atoms with Crippen molar-refractivity contribution in [1.29, 1.82) is 0 Å². The summed E-state index contributed by atoms with van der Waals surface area (Å²) in [5.74, 6) is 2.23. The Morgan fingerprint density at radius 3 is 2.12 bits per heavy atom. The van der Waals surface area contributed by atoms with Crippen LogP contribution in [0.25, 0.3) is 0 Å².